The molecule has 0 unspecified atom stereocenters. The molecule has 0 aliphatic carbocycles. The van der Waals surface area contributed by atoms with Crippen molar-refractivity contribution in [2.45, 2.75) is 6.42 Å². The van der Waals surface area contributed by atoms with Crippen LogP contribution in [0.4, 0.5) is 5.69 Å². The standard InChI is InChI=1S/C17H16BrN3O3/c18-12-7-5-11(6-8-12)17(24)20-10-9-15(22)21-14-4-2-1-3-13(14)16(19)23/h1-8H,9-10H2,(H2,19,23)(H,20,24)(H,21,22). The molecule has 6 nitrogen and oxygen atoms in total. The van der Waals surface area contributed by atoms with Crippen LogP contribution in [-0.2, 0) is 4.79 Å². The Kier molecular flexibility index (Phi) is 6.08. The molecule has 0 saturated heterocycles. The Hall–Kier alpha value is -2.67. The lowest BCUT2D eigenvalue weighted by atomic mass is 10.1. The highest BCUT2D eigenvalue weighted by Gasteiger charge is 2.11. The van der Waals surface area contributed by atoms with E-state index in [2.05, 4.69) is 26.6 Å². The molecule has 0 aliphatic rings. The van der Waals surface area contributed by atoms with Crippen molar-refractivity contribution in [1.82, 2.24) is 5.32 Å². The number of rotatable bonds is 6. The molecule has 0 spiro atoms. The first-order valence-corrected chi connectivity index (χ1v) is 7.99. The summed E-state index contributed by atoms with van der Waals surface area (Å²) in [7, 11) is 0. The van der Waals surface area contributed by atoms with Gasteiger partial charge in [0.2, 0.25) is 5.91 Å². The van der Waals surface area contributed by atoms with Crippen LogP contribution in [-0.4, -0.2) is 24.3 Å². The van der Waals surface area contributed by atoms with Gasteiger partial charge in [0.15, 0.2) is 0 Å². The minimum atomic E-state index is -0.616. The fourth-order valence-electron chi connectivity index (χ4n) is 2.01. The molecule has 3 amide bonds. The van der Waals surface area contributed by atoms with Crippen molar-refractivity contribution in [2.24, 2.45) is 5.73 Å². The van der Waals surface area contributed by atoms with Gasteiger partial charge in [0.25, 0.3) is 11.8 Å². The maximum absolute atomic E-state index is 11.9. The summed E-state index contributed by atoms with van der Waals surface area (Å²) in [6.07, 6.45) is 0.0787. The normalized spacial score (nSPS) is 10.0. The summed E-state index contributed by atoms with van der Waals surface area (Å²) in [6, 6.07) is 13.4. The Morgan fingerprint density at radius 2 is 1.67 bits per heavy atom. The fourth-order valence-corrected chi connectivity index (χ4v) is 2.28. The molecule has 0 saturated carbocycles. The Labute approximate surface area is 147 Å². The van der Waals surface area contributed by atoms with Gasteiger partial charge in [0.1, 0.15) is 0 Å². The zero-order valence-electron chi connectivity index (χ0n) is 12.7. The molecular formula is C17H16BrN3O3. The van der Waals surface area contributed by atoms with Crippen molar-refractivity contribution in [3.05, 3.63) is 64.1 Å². The van der Waals surface area contributed by atoms with E-state index in [1.807, 2.05) is 0 Å². The Bertz CT molecular complexity index is 760. The lowest BCUT2D eigenvalue weighted by molar-refractivity contribution is -0.116. The van der Waals surface area contributed by atoms with Crippen LogP contribution in [0.2, 0.25) is 0 Å². The van der Waals surface area contributed by atoms with E-state index in [1.165, 1.54) is 6.07 Å². The lowest BCUT2D eigenvalue weighted by Crippen LogP contribution is -2.28. The summed E-state index contributed by atoms with van der Waals surface area (Å²) < 4.78 is 0.881. The fraction of sp³-hybridized carbons (Fsp3) is 0.118. The van der Waals surface area contributed by atoms with Crippen molar-refractivity contribution in [3.63, 3.8) is 0 Å². The van der Waals surface area contributed by atoms with Crippen molar-refractivity contribution in [2.75, 3.05) is 11.9 Å². The number of primary amides is 1. The SMILES string of the molecule is NC(=O)c1ccccc1NC(=O)CCNC(=O)c1ccc(Br)cc1. The van der Waals surface area contributed by atoms with Gasteiger partial charge in [-0.05, 0) is 36.4 Å². The number of amides is 3. The number of nitrogens with two attached hydrogens (primary N) is 1. The van der Waals surface area contributed by atoms with Crippen LogP contribution in [0.1, 0.15) is 27.1 Å². The summed E-state index contributed by atoms with van der Waals surface area (Å²) in [5.74, 6) is -1.19. The predicted molar refractivity (Wildman–Crippen MR) is 94.7 cm³/mol. The molecule has 0 heterocycles. The molecule has 0 aromatic heterocycles. The number of nitrogens with one attached hydrogen (secondary N) is 2. The Morgan fingerprint density at radius 3 is 2.33 bits per heavy atom. The van der Waals surface area contributed by atoms with E-state index in [-0.39, 0.29) is 30.3 Å². The van der Waals surface area contributed by atoms with E-state index in [0.29, 0.717) is 11.3 Å². The third-order valence-electron chi connectivity index (χ3n) is 3.21. The van der Waals surface area contributed by atoms with Gasteiger partial charge in [-0.25, -0.2) is 0 Å². The number of para-hydroxylation sites is 1. The summed E-state index contributed by atoms with van der Waals surface area (Å²) in [5, 5.41) is 5.28. The minimum Gasteiger partial charge on any atom is -0.366 e. The van der Waals surface area contributed by atoms with Crippen LogP contribution in [0, 0.1) is 0 Å². The summed E-state index contributed by atoms with van der Waals surface area (Å²) in [5.41, 5.74) is 6.36. The minimum absolute atomic E-state index is 0.0787. The molecule has 0 fully saturated rings. The average Bonchev–Trinajstić information content (AvgIpc) is 2.55. The molecule has 0 aliphatic heterocycles. The molecule has 2 aromatic carbocycles. The third-order valence-corrected chi connectivity index (χ3v) is 3.74. The van der Waals surface area contributed by atoms with E-state index in [9.17, 15) is 14.4 Å². The van der Waals surface area contributed by atoms with Crippen LogP contribution in [0.15, 0.2) is 53.0 Å². The molecular weight excluding hydrogens is 374 g/mol. The Morgan fingerprint density at radius 1 is 1.00 bits per heavy atom. The van der Waals surface area contributed by atoms with Crippen molar-refractivity contribution < 1.29 is 14.4 Å². The number of halogens is 1. The first kappa shape index (κ1) is 17.7. The molecule has 0 radical (unpaired) electrons. The first-order valence-electron chi connectivity index (χ1n) is 7.20. The van der Waals surface area contributed by atoms with Crippen LogP contribution < -0.4 is 16.4 Å². The number of carbonyl (C=O) groups is 3. The smallest absolute Gasteiger partial charge is 0.251 e. The van der Waals surface area contributed by atoms with E-state index < -0.39 is 5.91 Å². The second kappa shape index (κ2) is 8.26. The van der Waals surface area contributed by atoms with Gasteiger partial charge in [-0.1, -0.05) is 28.1 Å². The predicted octanol–water partition coefficient (Wildman–Crippen LogP) is 2.31. The highest BCUT2D eigenvalue weighted by atomic mass is 79.9. The highest BCUT2D eigenvalue weighted by molar-refractivity contribution is 9.10. The van der Waals surface area contributed by atoms with Gasteiger partial charge in [0, 0.05) is 23.0 Å². The van der Waals surface area contributed by atoms with Crippen molar-refractivity contribution in [3.8, 4) is 0 Å². The molecule has 2 aromatic rings. The number of carbonyl (C=O) groups excluding carboxylic acids is 3. The van der Waals surface area contributed by atoms with E-state index in [4.69, 9.17) is 5.73 Å². The van der Waals surface area contributed by atoms with Gasteiger partial charge >= 0.3 is 0 Å². The largest absolute Gasteiger partial charge is 0.366 e. The maximum atomic E-state index is 11.9. The van der Waals surface area contributed by atoms with Crippen LogP contribution in [0.3, 0.4) is 0 Å². The zero-order chi connectivity index (χ0) is 17.5. The summed E-state index contributed by atoms with van der Waals surface area (Å²) >= 11 is 3.30. The van der Waals surface area contributed by atoms with Crippen LogP contribution in [0.5, 0.6) is 0 Å². The first-order chi connectivity index (χ1) is 11.5. The van der Waals surface area contributed by atoms with E-state index >= 15 is 0 Å². The number of benzene rings is 2. The monoisotopic (exact) mass is 389 g/mol. The van der Waals surface area contributed by atoms with Gasteiger partial charge in [-0.3, -0.25) is 14.4 Å². The Balaban J connectivity index is 1.84. The molecule has 24 heavy (non-hydrogen) atoms. The van der Waals surface area contributed by atoms with Crippen molar-refractivity contribution >= 4 is 39.3 Å². The van der Waals surface area contributed by atoms with E-state index in [0.717, 1.165) is 4.47 Å². The van der Waals surface area contributed by atoms with Gasteiger partial charge < -0.3 is 16.4 Å². The van der Waals surface area contributed by atoms with Gasteiger partial charge in [-0.2, -0.15) is 0 Å². The second-order valence-electron chi connectivity index (χ2n) is 4.97. The molecule has 2 rings (SSSR count). The quantitative estimate of drug-likeness (QED) is 0.706. The number of hydrogen-bond donors (Lipinski definition) is 3. The molecule has 4 N–H and O–H groups in total. The van der Waals surface area contributed by atoms with Gasteiger partial charge in [-0.15, -0.1) is 0 Å². The van der Waals surface area contributed by atoms with Gasteiger partial charge in [0.05, 0.1) is 11.3 Å². The molecule has 124 valence electrons. The highest BCUT2D eigenvalue weighted by Crippen LogP contribution is 2.14. The van der Waals surface area contributed by atoms with Crippen LogP contribution >= 0.6 is 15.9 Å². The zero-order valence-corrected chi connectivity index (χ0v) is 14.3. The molecule has 7 heteroatoms. The topological polar surface area (TPSA) is 101 Å². The molecule has 0 atom stereocenters. The third kappa shape index (κ3) is 4.92. The number of anilines is 1. The molecule has 0 bridgehead atoms. The van der Waals surface area contributed by atoms with E-state index in [1.54, 1.807) is 42.5 Å². The summed E-state index contributed by atoms with van der Waals surface area (Å²) in [6.45, 7) is 0.180. The van der Waals surface area contributed by atoms with Crippen molar-refractivity contribution in [1.29, 1.82) is 0 Å². The summed E-state index contributed by atoms with van der Waals surface area (Å²) in [4.78, 5) is 35.1. The number of hydrogen-bond acceptors (Lipinski definition) is 3. The van der Waals surface area contributed by atoms with Crippen LogP contribution in [0.25, 0.3) is 0 Å². The average molecular weight is 390 g/mol. The second-order valence-corrected chi connectivity index (χ2v) is 5.89. The lowest BCUT2D eigenvalue weighted by Gasteiger charge is -2.09. The maximum Gasteiger partial charge on any atom is 0.251 e.